The summed E-state index contributed by atoms with van der Waals surface area (Å²) in [5, 5.41) is 0. The summed E-state index contributed by atoms with van der Waals surface area (Å²) in [7, 11) is -5.75. The lowest BCUT2D eigenvalue weighted by Crippen LogP contribution is -2.25. The standard InChI is InChI=1S/C8H9F3O5S/c1-2-3-5-6(4-15-7(5)12)16-17(13,14)8(9,10)11/h2-4H2,1H3. The van der Waals surface area contributed by atoms with Crippen LogP contribution in [0.4, 0.5) is 13.2 Å². The highest BCUT2D eigenvalue weighted by atomic mass is 32.2. The Balaban J connectivity index is 2.99. The highest BCUT2D eigenvalue weighted by Gasteiger charge is 2.49. The maximum absolute atomic E-state index is 12.0. The third-order valence-corrected chi connectivity index (χ3v) is 2.90. The predicted octanol–water partition coefficient (Wildman–Crippen LogP) is 1.46. The molecule has 0 unspecified atom stereocenters. The van der Waals surface area contributed by atoms with Gasteiger partial charge in [-0.15, -0.1) is 0 Å². The average Bonchev–Trinajstić information content (AvgIpc) is 2.48. The first-order chi connectivity index (χ1) is 7.69. The lowest BCUT2D eigenvalue weighted by Gasteiger charge is -2.09. The Morgan fingerprint density at radius 2 is 2.00 bits per heavy atom. The molecule has 98 valence electrons. The van der Waals surface area contributed by atoms with Crippen molar-refractivity contribution in [2.75, 3.05) is 6.61 Å². The second-order valence-electron chi connectivity index (χ2n) is 3.21. The molecule has 0 atom stereocenters. The molecule has 0 aromatic heterocycles. The fourth-order valence-electron chi connectivity index (χ4n) is 1.16. The van der Waals surface area contributed by atoms with Gasteiger partial charge in [-0.1, -0.05) is 13.3 Å². The second kappa shape index (κ2) is 4.55. The van der Waals surface area contributed by atoms with Gasteiger partial charge in [-0.2, -0.15) is 21.6 Å². The monoisotopic (exact) mass is 274 g/mol. The number of hydrogen-bond donors (Lipinski definition) is 0. The molecule has 0 saturated carbocycles. The molecular formula is C8H9F3O5S. The van der Waals surface area contributed by atoms with Crippen LogP contribution >= 0.6 is 0 Å². The summed E-state index contributed by atoms with van der Waals surface area (Å²) in [6.07, 6.45) is 0.547. The molecule has 1 aliphatic rings. The molecular weight excluding hydrogens is 265 g/mol. The Kier molecular flexibility index (Phi) is 3.70. The average molecular weight is 274 g/mol. The number of cyclic esters (lactones) is 1. The molecule has 0 aromatic carbocycles. The van der Waals surface area contributed by atoms with E-state index in [1.54, 1.807) is 6.92 Å². The number of hydrogen-bond acceptors (Lipinski definition) is 5. The van der Waals surface area contributed by atoms with E-state index in [0.29, 0.717) is 6.42 Å². The number of alkyl halides is 3. The Labute approximate surface area is 95.3 Å². The van der Waals surface area contributed by atoms with E-state index in [1.165, 1.54) is 0 Å². The molecule has 0 bridgehead atoms. The number of carbonyl (C=O) groups is 1. The lowest BCUT2D eigenvalue weighted by atomic mass is 10.1. The van der Waals surface area contributed by atoms with Crippen LogP contribution in [-0.4, -0.2) is 26.5 Å². The maximum Gasteiger partial charge on any atom is 0.534 e. The van der Waals surface area contributed by atoms with E-state index in [0.717, 1.165) is 0 Å². The topological polar surface area (TPSA) is 69.7 Å². The molecule has 0 radical (unpaired) electrons. The van der Waals surface area contributed by atoms with E-state index >= 15 is 0 Å². The van der Waals surface area contributed by atoms with Crippen molar-refractivity contribution in [1.82, 2.24) is 0 Å². The lowest BCUT2D eigenvalue weighted by molar-refractivity contribution is -0.136. The number of ether oxygens (including phenoxy) is 1. The molecule has 0 saturated heterocycles. The van der Waals surface area contributed by atoms with Crippen molar-refractivity contribution < 1.29 is 35.3 Å². The Hall–Kier alpha value is -1.25. The van der Waals surface area contributed by atoms with Gasteiger partial charge in [0.15, 0.2) is 12.4 Å². The fraction of sp³-hybridized carbons (Fsp3) is 0.625. The summed E-state index contributed by atoms with van der Waals surface area (Å²) in [5.41, 5.74) is -5.69. The quantitative estimate of drug-likeness (QED) is 0.441. The van der Waals surface area contributed by atoms with E-state index in [-0.39, 0.29) is 12.0 Å². The van der Waals surface area contributed by atoms with Gasteiger partial charge in [-0.25, -0.2) is 4.79 Å². The Bertz CT molecular complexity index is 448. The zero-order valence-electron chi connectivity index (χ0n) is 8.70. The highest BCUT2D eigenvalue weighted by Crippen LogP contribution is 2.30. The minimum Gasteiger partial charge on any atom is -0.454 e. The molecule has 0 aliphatic carbocycles. The van der Waals surface area contributed by atoms with Crippen molar-refractivity contribution in [1.29, 1.82) is 0 Å². The zero-order valence-corrected chi connectivity index (χ0v) is 9.52. The van der Waals surface area contributed by atoms with Crippen LogP contribution < -0.4 is 0 Å². The number of rotatable bonds is 4. The van der Waals surface area contributed by atoms with E-state index in [1.807, 2.05) is 0 Å². The zero-order chi connectivity index (χ0) is 13.3. The van der Waals surface area contributed by atoms with Crippen molar-refractivity contribution in [3.63, 3.8) is 0 Å². The van der Waals surface area contributed by atoms with Crippen LogP contribution in [0.25, 0.3) is 0 Å². The van der Waals surface area contributed by atoms with Crippen LogP contribution in [0.5, 0.6) is 0 Å². The fourth-order valence-corrected chi connectivity index (χ4v) is 1.67. The summed E-state index contributed by atoms with van der Waals surface area (Å²) >= 11 is 0. The molecule has 0 aromatic rings. The van der Waals surface area contributed by atoms with Gasteiger partial charge in [0, 0.05) is 0 Å². The van der Waals surface area contributed by atoms with Crippen LogP contribution in [0.15, 0.2) is 11.3 Å². The van der Waals surface area contributed by atoms with Gasteiger partial charge in [0.25, 0.3) is 0 Å². The van der Waals surface area contributed by atoms with Crippen molar-refractivity contribution in [2.24, 2.45) is 0 Å². The van der Waals surface area contributed by atoms with Crippen LogP contribution in [0, 0.1) is 0 Å². The molecule has 9 heteroatoms. The van der Waals surface area contributed by atoms with Crippen LogP contribution in [0.1, 0.15) is 19.8 Å². The van der Waals surface area contributed by atoms with E-state index in [4.69, 9.17) is 0 Å². The van der Waals surface area contributed by atoms with Gasteiger partial charge >= 0.3 is 21.6 Å². The number of halogens is 3. The predicted molar refractivity (Wildman–Crippen MR) is 49.0 cm³/mol. The molecule has 1 rings (SSSR count). The summed E-state index contributed by atoms with van der Waals surface area (Å²) in [5.74, 6) is -1.44. The van der Waals surface area contributed by atoms with Gasteiger partial charge < -0.3 is 8.92 Å². The second-order valence-corrected chi connectivity index (χ2v) is 4.75. The summed E-state index contributed by atoms with van der Waals surface area (Å²) < 4.78 is 65.8. The van der Waals surface area contributed by atoms with Gasteiger partial charge in [-0.05, 0) is 6.42 Å². The van der Waals surface area contributed by atoms with Crippen molar-refractivity contribution in [3.8, 4) is 0 Å². The molecule has 0 amide bonds. The smallest absolute Gasteiger partial charge is 0.454 e. The molecule has 1 aliphatic heterocycles. The first kappa shape index (κ1) is 13.8. The SMILES string of the molecule is CCCC1=C(OS(=O)(=O)C(F)(F)F)COC1=O. The highest BCUT2D eigenvalue weighted by molar-refractivity contribution is 7.87. The first-order valence-corrected chi connectivity index (χ1v) is 5.99. The van der Waals surface area contributed by atoms with Crippen molar-refractivity contribution >= 4 is 16.1 Å². The normalized spacial score (nSPS) is 17.3. The van der Waals surface area contributed by atoms with E-state index in [9.17, 15) is 26.4 Å². The molecule has 1 heterocycles. The third kappa shape index (κ3) is 2.90. The maximum atomic E-state index is 12.0. The largest absolute Gasteiger partial charge is 0.534 e. The van der Waals surface area contributed by atoms with Crippen LogP contribution in [-0.2, 0) is 23.8 Å². The molecule has 17 heavy (non-hydrogen) atoms. The van der Waals surface area contributed by atoms with Gasteiger partial charge in [0.05, 0.1) is 5.57 Å². The number of esters is 1. The Morgan fingerprint density at radius 3 is 2.47 bits per heavy atom. The van der Waals surface area contributed by atoms with E-state index in [2.05, 4.69) is 8.92 Å². The summed E-state index contributed by atoms with van der Waals surface area (Å²) in [6.45, 7) is 1.08. The molecule has 5 nitrogen and oxygen atoms in total. The molecule has 0 fully saturated rings. The Morgan fingerprint density at radius 1 is 1.41 bits per heavy atom. The van der Waals surface area contributed by atoms with Gasteiger partial charge in [0.1, 0.15) is 0 Å². The van der Waals surface area contributed by atoms with Gasteiger partial charge in [-0.3, -0.25) is 0 Å². The molecule has 0 N–H and O–H groups in total. The summed E-state index contributed by atoms with van der Waals surface area (Å²) in [6, 6.07) is 0. The van der Waals surface area contributed by atoms with E-state index < -0.39 is 34.0 Å². The minimum absolute atomic E-state index is 0.0988. The van der Waals surface area contributed by atoms with Gasteiger partial charge in [0.2, 0.25) is 0 Å². The molecule has 0 spiro atoms. The minimum atomic E-state index is -5.75. The third-order valence-electron chi connectivity index (χ3n) is 1.91. The first-order valence-electron chi connectivity index (χ1n) is 4.59. The summed E-state index contributed by atoms with van der Waals surface area (Å²) in [4.78, 5) is 11.1. The number of carbonyl (C=O) groups excluding carboxylic acids is 1. The van der Waals surface area contributed by atoms with Crippen LogP contribution in [0.2, 0.25) is 0 Å². The van der Waals surface area contributed by atoms with Crippen molar-refractivity contribution in [2.45, 2.75) is 25.3 Å². The van der Waals surface area contributed by atoms with Crippen molar-refractivity contribution in [3.05, 3.63) is 11.3 Å². The van der Waals surface area contributed by atoms with Crippen LogP contribution in [0.3, 0.4) is 0 Å².